The second-order valence-electron chi connectivity index (χ2n) is 3.64. The molecule has 80 valence electrons. The highest BCUT2D eigenvalue weighted by atomic mass is 16.2. The van der Waals surface area contributed by atoms with Gasteiger partial charge in [-0.2, -0.15) is 0 Å². The number of amides is 2. The van der Waals surface area contributed by atoms with E-state index in [9.17, 15) is 9.59 Å². The molecule has 1 fully saturated rings. The number of carbonyl (C=O) groups is 2. The van der Waals surface area contributed by atoms with E-state index in [4.69, 9.17) is 11.5 Å². The molecule has 0 aliphatic carbocycles. The van der Waals surface area contributed by atoms with E-state index in [1.807, 2.05) is 0 Å². The molecule has 0 aromatic rings. The molecule has 1 saturated heterocycles. The van der Waals surface area contributed by atoms with Crippen LogP contribution in [0.5, 0.6) is 0 Å². The molecule has 1 aliphatic heterocycles. The minimum absolute atomic E-state index is 0.0316. The third-order valence-electron chi connectivity index (χ3n) is 2.44. The Balaban J connectivity index is 2.13. The van der Waals surface area contributed by atoms with Crippen LogP contribution in [0.4, 0.5) is 0 Å². The topological polar surface area (TPSA) is 89.4 Å². The second-order valence-corrected chi connectivity index (χ2v) is 3.64. The molecular formula is C9H17N3O2. The highest BCUT2D eigenvalue weighted by Gasteiger charge is 2.27. The van der Waals surface area contributed by atoms with Gasteiger partial charge in [0.05, 0.1) is 6.04 Å². The maximum Gasteiger partial charge on any atom is 0.239 e. The van der Waals surface area contributed by atoms with Crippen LogP contribution in [0, 0.1) is 0 Å². The highest BCUT2D eigenvalue weighted by molar-refractivity contribution is 5.83. The molecule has 0 radical (unpaired) electrons. The van der Waals surface area contributed by atoms with Crippen LogP contribution in [0.1, 0.15) is 25.7 Å². The van der Waals surface area contributed by atoms with Gasteiger partial charge in [0.25, 0.3) is 0 Å². The molecule has 1 heterocycles. The molecule has 2 amide bonds. The van der Waals surface area contributed by atoms with Crippen molar-refractivity contribution in [2.24, 2.45) is 11.5 Å². The Labute approximate surface area is 83.4 Å². The maximum atomic E-state index is 11.3. The zero-order chi connectivity index (χ0) is 10.6. The number of nitrogens with zero attached hydrogens (tertiary/aromatic N) is 1. The SMILES string of the molecule is NC(=O)CCCCN1CCC(N)C1=O. The van der Waals surface area contributed by atoms with Crippen molar-refractivity contribution in [2.45, 2.75) is 31.7 Å². The monoisotopic (exact) mass is 199 g/mol. The van der Waals surface area contributed by atoms with Crippen molar-refractivity contribution >= 4 is 11.8 Å². The van der Waals surface area contributed by atoms with E-state index in [0.29, 0.717) is 13.0 Å². The summed E-state index contributed by atoms with van der Waals surface area (Å²) in [5, 5.41) is 0. The molecule has 0 saturated carbocycles. The quantitative estimate of drug-likeness (QED) is 0.568. The fourth-order valence-electron chi connectivity index (χ4n) is 1.59. The van der Waals surface area contributed by atoms with Crippen molar-refractivity contribution in [3.63, 3.8) is 0 Å². The summed E-state index contributed by atoms with van der Waals surface area (Å²) < 4.78 is 0. The van der Waals surface area contributed by atoms with E-state index in [2.05, 4.69) is 0 Å². The molecule has 0 bridgehead atoms. The number of likely N-dealkylation sites (tertiary alicyclic amines) is 1. The van der Waals surface area contributed by atoms with Gasteiger partial charge in [-0.15, -0.1) is 0 Å². The number of hydrogen-bond donors (Lipinski definition) is 2. The first kappa shape index (κ1) is 11.0. The van der Waals surface area contributed by atoms with Crippen LogP contribution in [0.25, 0.3) is 0 Å². The number of rotatable bonds is 5. The fraction of sp³-hybridized carbons (Fsp3) is 0.778. The van der Waals surface area contributed by atoms with Gasteiger partial charge in [-0.3, -0.25) is 9.59 Å². The van der Waals surface area contributed by atoms with Gasteiger partial charge in [0.2, 0.25) is 11.8 Å². The lowest BCUT2D eigenvalue weighted by Crippen LogP contribution is -2.34. The van der Waals surface area contributed by atoms with E-state index in [1.54, 1.807) is 4.90 Å². The number of primary amides is 1. The van der Waals surface area contributed by atoms with Crippen LogP contribution in [0.2, 0.25) is 0 Å². The predicted octanol–water partition coefficient (Wildman–Crippen LogP) is -0.798. The third-order valence-corrected chi connectivity index (χ3v) is 2.44. The number of unbranched alkanes of at least 4 members (excludes halogenated alkanes) is 1. The molecule has 1 atom stereocenters. The summed E-state index contributed by atoms with van der Waals surface area (Å²) in [6.07, 6.45) is 2.71. The predicted molar refractivity (Wildman–Crippen MR) is 52.2 cm³/mol. The largest absolute Gasteiger partial charge is 0.370 e. The summed E-state index contributed by atoms with van der Waals surface area (Å²) in [4.78, 5) is 23.5. The van der Waals surface area contributed by atoms with Gasteiger partial charge >= 0.3 is 0 Å². The molecule has 1 unspecified atom stereocenters. The Morgan fingerprint density at radius 1 is 1.50 bits per heavy atom. The molecular weight excluding hydrogens is 182 g/mol. The van der Waals surface area contributed by atoms with Crippen molar-refractivity contribution in [1.82, 2.24) is 4.90 Å². The minimum Gasteiger partial charge on any atom is -0.370 e. The van der Waals surface area contributed by atoms with Crippen LogP contribution < -0.4 is 11.5 Å². The highest BCUT2D eigenvalue weighted by Crippen LogP contribution is 2.10. The zero-order valence-electron chi connectivity index (χ0n) is 8.24. The first-order chi connectivity index (χ1) is 6.61. The maximum absolute atomic E-state index is 11.3. The summed E-state index contributed by atoms with van der Waals surface area (Å²) in [7, 11) is 0. The van der Waals surface area contributed by atoms with E-state index in [-0.39, 0.29) is 17.9 Å². The molecule has 5 heteroatoms. The Morgan fingerprint density at radius 2 is 2.21 bits per heavy atom. The van der Waals surface area contributed by atoms with E-state index < -0.39 is 0 Å². The van der Waals surface area contributed by atoms with Crippen LogP contribution in [-0.4, -0.2) is 35.8 Å². The van der Waals surface area contributed by atoms with Crippen LogP contribution in [-0.2, 0) is 9.59 Å². The molecule has 1 aliphatic rings. The van der Waals surface area contributed by atoms with Gasteiger partial charge < -0.3 is 16.4 Å². The molecule has 4 N–H and O–H groups in total. The Morgan fingerprint density at radius 3 is 2.71 bits per heavy atom. The summed E-state index contributed by atoms with van der Waals surface area (Å²) in [5.74, 6) is -0.251. The van der Waals surface area contributed by atoms with Gasteiger partial charge in [-0.1, -0.05) is 0 Å². The fourth-order valence-corrected chi connectivity index (χ4v) is 1.59. The number of carbonyl (C=O) groups excluding carboxylic acids is 2. The summed E-state index contributed by atoms with van der Waals surface area (Å²) in [6.45, 7) is 1.44. The Kier molecular flexibility index (Phi) is 3.88. The lowest BCUT2D eigenvalue weighted by Gasteiger charge is -2.15. The van der Waals surface area contributed by atoms with Crippen LogP contribution in [0.3, 0.4) is 0 Å². The number of nitrogens with two attached hydrogens (primary N) is 2. The summed E-state index contributed by atoms with van der Waals surface area (Å²) in [5.41, 5.74) is 10.6. The van der Waals surface area contributed by atoms with Crippen molar-refractivity contribution in [2.75, 3.05) is 13.1 Å². The molecule has 5 nitrogen and oxygen atoms in total. The van der Waals surface area contributed by atoms with Gasteiger partial charge in [-0.25, -0.2) is 0 Å². The Hall–Kier alpha value is -1.10. The van der Waals surface area contributed by atoms with Gasteiger partial charge in [0, 0.05) is 19.5 Å². The minimum atomic E-state index is -0.314. The van der Waals surface area contributed by atoms with Crippen molar-refractivity contribution < 1.29 is 9.59 Å². The lowest BCUT2D eigenvalue weighted by molar-refractivity contribution is -0.128. The average Bonchev–Trinajstić information content (AvgIpc) is 2.43. The Bertz CT molecular complexity index is 230. The van der Waals surface area contributed by atoms with Crippen LogP contribution >= 0.6 is 0 Å². The standard InChI is InChI=1S/C9H17N3O2/c10-7-4-6-12(9(7)14)5-2-1-3-8(11)13/h7H,1-6,10H2,(H2,11,13). The van der Waals surface area contributed by atoms with E-state index >= 15 is 0 Å². The normalized spacial score (nSPS) is 21.6. The summed E-state index contributed by atoms with van der Waals surface area (Å²) in [6, 6.07) is -0.314. The van der Waals surface area contributed by atoms with E-state index in [1.165, 1.54) is 0 Å². The smallest absolute Gasteiger partial charge is 0.239 e. The van der Waals surface area contributed by atoms with Gasteiger partial charge in [0.1, 0.15) is 0 Å². The van der Waals surface area contributed by atoms with Crippen molar-refractivity contribution in [1.29, 1.82) is 0 Å². The molecule has 1 rings (SSSR count). The van der Waals surface area contributed by atoms with Gasteiger partial charge in [0.15, 0.2) is 0 Å². The zero-order valence-corrected chi connectivity index (χ0v) is 8.24. The second kappa shape index (κ2) is 4.95. The molecule has 0 spiro atoms. The summed E-state index contributed by atoms with van der Waals surface area (Å²) >= 11 is 0. The molecule has 0 aromatic heterocycles. The van der Waals surface area contributed by atoms with Crippen molar-refractivity contribution in [3.8, 4) is 0 Å². The lowest BCUT2D eigenvalue weighted by atomic mass is 10.2. The molecule has 14 heavy (non-hydrogen) atoms. The number of hydrogen-bond acceptors (Lipinski definition) is 3. The van der Waals surface area contributed by atoms with Gasteiger partial charge in [-0.05, 0) is 19.3 Å². The first-order valence-corrected chi connectivity index (χ1v) is 4.94. The van der Waals surface area contributed by atoms with E-state index in [0.717, 1.165) is 25.8 Å². The van der Waals surface area contributed by atoms with Crippen molar-refractivity contribution in [3.05, 3.63) is 0 Å². The third kappa shape index (κ3) is 2.99. The first-order valence-electron chi connectivity index (χ1n) is 4.94. The molecule has 0 aromatic carbocycles. The average molecular weight is 199 g/mol. The van der Waals surface area contributed by atoms with Crippen LogP contribution in [0.15, 0.2) is 0 Å².